The van der Waals surface area contributed by atoms with Gasteiger partial charge in [-0.2, -0.15) is 22.6 Å². The van der Waals surface area contributed by atoms with Gasteiger partial charge in [0.1, 0.15) is 0 Å². The van der Waals surface area contributed by atoms with E-state index in [2.05, 4.69) is 10.00 Å². The Bertz CT molecular complexity index is 887. The van der Waals surface area contributed by atoms with Gasteiger partial charge in [0.15, 0.2) is 10.7 Å². The molecule has 0 amide bonds. The molecule has 3 aliphatic heterocycles. The molecule has 0 N–H and O–H groups in total. The van der Waals surface area contributed by atoms with Crippen molar-refractivity contribution in [1.82, 2.24) is 19.0 Å². The first-order valence-corrected chi connectivity index (χ1v) is 10.9. The minimum atomic E-state index is -4.66. The zero-order valence-corrected chi connectivity index (χ0v) is 16.4. The summed E-state index contributed by atoms with van der Waals surface area (Å²) >= 11 is 0. The van der Waals surface area contributed by atoms with Crippen LogP contribution in [0, 0.1) is 16.7 Å². The number of halogens is 3. The molecule has 4 aliphatic rings. The molecule has 0 atom stereocenters. The van der Waals surface area contributed by atoms with E-state index in [0.29, 0.717) is 30.5 Å². The van der Waals surface area contributed by atoms with Crippen molar-refractivity contribution >= 4 is 10.0 Å². The molecule has 0 unspecified atom stereocenters. The molecule has 156 valence electrons. The van der Waals surface area contributed by atoms with E-state index in [0.717, 1.165) is 37.5 Å². The number of aryl methyl sites for hydroxylation is 1. The normalized spacial score (nSPS) is 27.3. The van der Waals surface area contributed by atoms with Crippen LogP contribution in [0.4, 0.5) is 13.2 Å². The Hall–Kier alpha value is -1.17. The second-order valence-corrected chi connectivity index (χ2v) is 11.1. The predicted molar refractivity (Wildman–Crippen MR) is 91.8 cm³/mol. The van der Waals surface area contributed by atoms with Crippen molar-refractivity contribution in [2.45, 2.75) is 24.0 Å². The highest BCUT2D eigenvalue weighted by atomic mass is 32.2. The van der Waals surface area contributed by atoms with Crippen LogP contribution in [0.5, 0.6) is 0 Å². The summed E-state index contributed by atoms with van der Waals surface area (Å²) in [5.74, 6) is 0.705. The average molecular weight is 420 g/mol. The molecular formula is C17H23F3N4O3S. The first-order chi connectivity index (χ1) is 13.0. The van der Waals surface area contributed by atoms with Crippen LogP contribution in [0.25, 0.3) is 0 Å². The number of alkyl halides is 3. The Balaban J connectivity index is 1.16. The summed E-state index contributed by atoms with van der Waals surface area (Å²) < 4.78 is 71.2. The van der Waals surface area contributed by atoms with Gasteiger partial charge in [0, 0.05) is 56.7 Å². The lowest BCUT2D eigenvalue weighted by molar-refractivity contribution is -0.188. The van der Waals surface area contributed by atoms with Crippen molar-refractivity contribution in [2.24, 2.45) is 23.8 Å². The largest absolute Gasteiger partial charge is 0.435 e. The second kappa shape index (κ2) is 5.71. The fourth-order valence-corrected chi connectivity index (χ4v) is 7.14. The molecule has 1 saturated carbocycles. The number of hydrogen-bond donors (Lipinski definition) is 0. The molecular weight excluding hydrogens is 397 g/mol. The van der Waals surface area contributed by atoms with Gasteiger partial charge in [-0.1, -0.05) is 0 Å². The number of sulfonamides is 1. The molecule has 1 aromatic rings. The van der Waals surface area contributed by atoms with Crippen molar-refractivity contribution < 1.29 is 26.3 Å². The third kappa shape index (κ3) is 2.81. The van der Waals surface area contributed by atoms with Gasteiger partial charge in [0.05, 0.1) is 13.2 Å². The van der Waals surface area contributed by atoms with E-state index < -0.39 is 26.9 Å². The van der Waals surface area contributed by atoms with Crippen LogP contribution >= 0.6 is 0 Å². The topological polar surface area (TPSA) is 67.7 Å². The van der Waals surface area contributed by atoms with Crippen molar-refractivity contribution in [2.75, 3.05) is 45.9 Å². The van der Waals surface area contributed by atoms with E-state index in [-0.39, 0.29) is 5.41 Å². The Morgan fingerprint density at radius 3 is 2.32 bits per heavy atom. The minimum Gasteiger partial charge on any atom is -0.380 e. The van der Waals surface area contributed by atoms with E-state index in [1.165, 1.54) is 24.2 Å². The van der Waals surface area contributed by atoms with Crippen LogP contribution in [-0.4, -0.2) is 73.3 Å². The molecule has 11 heteroatoms. The zero-order chi connectivity index (χ0) is 19.9. The van der Waals surface area contributed by atoms with E-state index >= 15 is 0 Å². The van der Waals surface area contributed by atoms with Crippen LogP contribution in [0.1, 0.15) is 18.5 Å². The maximum Gasteiger partial charge on any atom is 0.435 e. The molecule has 5 rings (SSSR count). The highest BCUT2D eigenvalue weighted by molar-refractivity contribution is 7.89. The lowest BCUT2D eigenvalue weighted by Crippen LogP contribution is -2.73. The number of nitrogens with zero attached hydrogens (tertiary/aromatic N) is 4. The quantitative estimate of drug-likeness (QED) is 0.732. The molecule has 0 bridgehead atoms. The predicted octanol–water partition coefficient (Wildman–Crippen LogP) is 1.17. The van der Waals surface area contributed by atoms with Gasteiger partial charge in [-0.25, -0.2) is 8.42 Å². The van der Waals surface area contributed by atoms with Crippen LogP contribution in [0.3, 0.4) is 0 Å². The standard InChI is InChI=1S/C17H23F3N4O3S/c1-22-14(2-13(21-22)17(18,19)20)28(25,26)24-8-16(9-24)6-23(7-16)5-12-3-15(4-12)10-27-11-15/h2,12H,3-11H2,1H3. The van der Waals surface area contributed by atoms with E-state index in [9.17, 15) is 21.6 Å². The fraction of sp³-hybridized carbons (Fsp3) is 0.824. The molecule has 7 nitrogen and oxygen atoms in total. The number of likely N-dealkylation sites (tertiary alicyclic amines) is 1. The summed E-state index contributed by atoms with van der Waals surface area (Å²) in [7, 11) is -2.74. The first kappa shape index (κ1) is 18.8. The van der Waals surface area contributed by atoms with Gasteiger partial charge in [-0.3, -0.25) is 4.68 Å². The molecule has 1 aromatic heterocycles. The van der Waals surface area contributed by atoms with Gasteiger partial charge >= 0.3 is 6.18 Å². The monoisotopic (exact) mass is 420 g/mol. The molecule has 0 radical (unpaired) electrons. The molecule has 2 spiro atoms. The third-order valence-electron chi connectivity index (χ3n) is 6.65. The van der Waals surface area contributed by atoms with Crippen molar-refractivity contribution in [1.29, 1.82) is 0 Å². The van der Waals surface area contributed by atoms with Crippen molar-refractivity contribution in [3.63, 3.8) is 0 Å². The molecule has 28 heavy (non-hydrogen) atoms. The van der Waals surface area contributed by atoms with Gasteiger partial charge in [-0.15, -0.1) is 0 Å². The average Bonchev–Trinajstić information content (AvgIpc) is 2.82. The lowest BCUT2D eigenvalue weighted by atomic mass is 9.60. The molecule has 4 heterocycles. The SMILES string of the molecule is Cn1nc(C(F)(F)F)cc1S(=O)(=O)N1CC2(CN(CC3CC4(COC4)C3)C2)C1. The van der Waals surface area contributed by atoms with Crippen LogP contribution in [0.15, 0.2) is 11.1 Å². The van der Waals surface area contributed by atoms with Gasteiger partial charge in [-0.05, 0) is 18.8 Å². The van der Waals surface area contributed by atoms with E-state index in [1.807, 2.05) is 0 Å². The molecule has 1 aliphatic carbocycles. The summed E-state index contributed by atoms with van der Waals surface area (Å²) in [6, 6.07) is 0.615. The van der Waals surface area contributed by atoms with E-state index in [4.69, 9.17) is 4.74 Å². The van der Waals surface area contributed by atoms with Gasteiger partial charge in [0.25, 0.3) is 10.0 Å². The number of rotatable bonds is 4. The van der Waals surface area contributed by atoms with Gasteiger partial charge in [0.2, 0.25) is 0 Å². The Kier molecular flexibility index (Phi) is 3.84. The van der Waals surface area contributed by atoms with Crippen LogP contribution in [0.2, 0.25) is 0 Å². The summed E-state index contributed by atoms with van der Waals surface area (Å²) in [4.78, 5) is 2.37. The molecule has 0 aromatic carbocycles. The van der Waals surface area contributed by atoms with Crippen LogP contribution in [-0.2, 0) is 28.0 Å². The smallest absolute Gasteiger partial charge is 0.380 e. The van der Waals surface area contributed by atoms with Gasteiger partial charge < -0.3 is 9.64 Å². The molecule has 4 fully saturated rings. The highest BCUT2D eigenvalue weighted by Gasteiger charge is 2.57. The van der Waals surface area contributed by atoms with E-state index in [1.54, 1.807) is 0 Å². The Morgan fingerprint density at radius 2 is 1.82 bits per heavy atom. The number of hydrogen-bond acceptors (Lipinski definition) is 5. The zero-order valence-electron chi connectivity index (χ0n) is 15.6. The fourth-order valence-electron chi connectivity index (χ4n) is 5.35. The third-order valence-corrected chi connectivity index (χ3v) is 8.50. The summed E-state index contributed by atoms with van der Waals surface area (Å²) in [6.45, 7) is 5.28. The summed E-state index contributed by atoms with van der Waals surface area (Å²) in [5.41, 5.74) is -0.777. The lowest BCUT2D eigenvalue weighted by Gasteiger charge is -2.61. The van der Waals surface area contributed by atoms with Crippen molar-refractivity contribution in [3.8, 4) is 0 Å². The Labute approximate surface area is 161 Å². The summed E-state index contributed by atoms with van der Waals surface area (Å²) in [6.07, 6.45) is -2.22. The number of ether oxygens (including phenoxy) is 1. The second-order valence-electron chi connectivity index (χ2n) is 9.20. The maximum atomic E-state index is 12.8. The first-order valence-electron chi connectivity index (χ1n) is 9.42. The number of aromatic nitrogens is 2. The highest BCUT2D eigenvalue weighted by Crippen LogP contribution is 2.52. The van der Waals surface area contributed by atoms with Crippen LogP contribution < -0.4 is 0 Å². The minimum absolute atomic E-state index is 0.0421. The molecule has 3 saturated heterocycles. The maximum absolute atomic E-state index is 12.8. The van der Waals surface area contributed by atoms with Crippen molar-refractivity contribution in [3.05, 3.63) is 11.8 Å². The Morgan fingerprint density at radius 1 is 1.18 bits per heavy atom. The summed E-state index contributed by atoms with van der Waals surface area (Å²) in [5, 5.41) is 2.90.